The molecule has 0 aromatic rings. The number of hydrogen-bond donors (Lipinski definition) is 1. The van der Waals surface area contributed by atoms with E-state index in [0.29, 0.717) is 6.04 Å². The molecule has 0 saturated heterocycles. The van der Waals surface area contributed by atoms with E-state index < -0.39 is 0 Å². The third-order valence-electron chi connectivity index (χ3n) is 3.51. The van der Waals surface area contributed by atoms with Crippen molar-refractivity contribution >= 4 is 5.71 Å². The molecule has 84 valence electrons. The first-order valence-corrected chi connectivity index (χ1v) is 5.83. The topological polar surface area (TPSA) is 33.6 Å². The van der Waals surface area contributed by atoms with Crippen LogP contribution < -0.4 is 5.32 Å². The van der Waals surface area contributed by atoms with Crippen LogP contribution in [0.1, 0.15) is 38.5 Å². The Bertz CT molecular complexity index is 294. The average molecular weight is 208 g/mol. The second-order valence-corrected chi connectivity index (χ2v) is 4.38. The molecule has 0 heterocycles. The normalized spacial score (nSPS) is 29.2. The molecule has 0 radical (unpaired) electrons. The number of hydrogen-bond acceptors (Lipinski definition) is 3. The van der Waals surface area contributed by atoms with Crippen molar-refractivity contribution in [3.8, 4) is 0 Å². The van der Waals surface area contributed by atoms with Crippen molar-refractivity contribution in [3.05, 3.63) is 11.1 Å². The van der Waals surface area contributed by atoms with Crippen LogP contribution >= 0.6 is 0 Å². The van der Waals surface area contributed by atoms with Crippen molar-refractivity contribution in [2.45, 2.75) is 44.6 Å². The van der Waals surface area contributed by atoms with Crippen LogP contribution in [0.5, 0.6) is 0 Å². The summed E-state index contributed by atoms with van der Waals surface area (Å²) < 4.78 is 0. The Kier molecular flexibility index (Phi) is 3.41. The van der Waals surface area contributed by atoms with Crippen LogP contribution in [0, 0.1) is 0 Å². The summed E-state index contributed by atoms with van der Waals surface area (Å²) in [7, 11) is 3.70. The zero-order chi connectivity index (χ0) is 10.7. The van der Waals surface area contributed by atoms with E-state index in [1.807, 2.05) is 0 Å². The number of nitrogens with one attached hydrogen (secondary N) is 1. The molecule has 0 aliphatic heterocycles. The molecule has 0 spiro atoms. The fraction of sp³-hybridized carbons (Fsp3) is 0.750. The summed E-state index contributed by atoms with van der Waals surface area (Å²) in [5.74, 6) is 0. The van der Waals surface area contributed by atoms with Gasteiger partial charge in [0.15, 0.2) is 0 Å². The van der Waals surface area contributed by atoms with Crippen molar-refractivity contribution in [2.24, 2.45) is 5.16 Å². The third-order valence-corrected chi connectivity index (χ3v) is 3.51. The van der Waals surface area contributed by atoms with E-state index in [1.165, 1.54) is 43.4 Å². The van der Waals surface area contributed by atoms with Gasteiger partial charge in [0.2, 0.25) is 0 Å². The van der Waals surface area contributed by atoms with Gasteiger partial charge in [-0.05, 0) is 51.1 Å². The first-order valence-electron chi connectivity index (χ1n) is 5.83. The smallest absolute Gasteiger partial charge is 0.106 e. The molecule has 0 amide bonds. The highest BCUT2D eigenvalue weighted by Gasteiger charge is 2.25. The number of oxime groups is 1. The molecule has 2 aliphatic carbocycles. The van der Waals surface area contributed by atoms with Crippen LogP contribution in [0.2, 0.25) is 0 Å². The largest absolute Gasteiger partial charge is 0.399 e. The third kappa shape index (κ3) is 2.23. The van der Waals surface area contributed by atoms with E-state index in [0.717, 1.165) is 6.42 Å². The highest BCUT2D eigenvalue weighted by molar-refractivity contribution is 6.01. The van der Waals surface area contributed by atoms with Gasteiger partial charge in [0, 0.05) is 6.04 Å². The molecule has 15 heavy (non-hydrogen) atoms. The van der Waals surface area contributed by atoms with Gasteiger partial charge in [-0.2, -0.15) is 0 Å². The van der Waals surface area contributed by atoms with Crippen LogP contribution in [0.25, 0.3) is 0 Å². The molecule has 0 aromatic carbocycles. The lowest BCUT2D eigenvalue weighted by Crippen LogP contribution is -2.31. The van der Waals surface area contributed by atoms with Gasteiger partial charge in [0.1, 0.15) is 7.11 Å². The zero-order valence-electron chi connectivity index (χ0n) is 9.68. The van der Waals surface area contributed by atoms with Gasteiger partial charge in [0.25, 0.3) is 0 Å². The maximum Gasteiger partial charge on any atom is 0.106 e. The predicted molar refractivity (Wildman–Crippen MR) is 62.0 cm³/mol. The van der Waals surface area contributed by atoms with E-state index in [4.69, 9.17) is 4.84 Å². The van der Waals surface area contributed by atoms with Crippen molar-refractivity contribution in [1.82, 2.24) is 5.32 Å². The second kappa shape index (κ2) is 4.79. The first kappa shape index (κ1) is 10.7. The summed E-state index contributed by atoms with van der Waals surface area (Å²) in [5, 5.41) is 7.54. The van der Waals surface area contributed by atoms with Crippen LogP contribution in [0.3, 0.4) is 0 Å². The standard InChI is InChI=1S/C12H20N2O/c1-13-10-6-7-11-9(8-10)4-3-5-12(11)14-15-2/h10,13H,3-8H2,1-2H3. The molecule has 1 N–H and O–H groups in total. The minimum absolute atomic E-state index is 0.672. The maximum absolute atomic E-state index is 4.92. The molecule has 3 heteroatoms. The molecular formula is C12H20N2O. The summed E-state index contributed by atoms with van der Waals surface area (Å²) in [6.07, 6.45) is 7.19. The van der Waals surface area contributed by atoms with Gasteiger partial charge in [0.05, 0.1) is 5.71 Å². The molecular weight excluding hydrogens is 188 g/mol. The van der Waals surface area contributed by atoms with Gasteiger partial charge >= 0.3 is 0 Å². The number of nitrogens with zero attached hydrogens (tertiary/aromatic N) is 1. The molecule has 1 atom stereocenters. The van der Waals surface area contributed by atoms with Gasteiger partial charge < -0.3 is 10.2 Å². The number of allylic oxidation sites excluding steroid dienone is 1. The monoisotopic (exact) mass is 208 g/mol. The molecule has 3 nitrogen and oxygen atoms in total. The summed E-state index contributed by atoms with van der Waals surface area (Å²) in [5.41, 5.74) is 4.31. The molecule has 0 saturated carbocycles. The molecule has 2 aliphatic rings. The highest BCUT2D eigenvalue weighted by atomic mass is 16.6. The molecule has 0 aromatic heterocycles. The van der Waals surface area contributed by atoms with Crippen molar-refractivity contribution in [3.63, 3.8) is 0 Å². The van der Waals surface area contributed by atoms with Crippen LogP contribution in [0.15, 0.2) is 16.3 Å². The quantitative estimate of drug-likeness (QED) is 0.706. The lowest BCUT2D eigenvalue weighted by Gasteiger charge is -2.30. The molecule has 0 bridgehead atoms. The van der Waals surface area contributed by atoms with Gasteiger partial charge in [-0.3, -0.25) is 0 Å². The van der Waals surface area contributed by atoms with Crippen molar-refractivity contribution < 1.29 is 4.84 Å². The van der Waals surface area contributed by atoms with Crippen molar-refractivity contribution in [2.75, 3.05) is 14.2 Å². The Morgan fingerprint density at radius 1 is 1.33 bits per heavy atom. The van der Waals surface area contributed by atoms with Crippen LogP contribution in [-0.2, 0) is 4.84 Å². The van der Waals surface area contributed by atoms with E-state index >= 15 is 0 Å². The molecule has 1 unspecified atom stereocenters. The Balaban J connectivity index is 2.18. The average Bonchev–Trinajstić information content (AvgIpc) is 2.29. The molecule has 0 fully saturated rings. The summed E-state index contributed by atoms with van der Waals surface area (Å²) in [6.45, 7) is 0. The van der Waals surface area contributed by atoms with Gasteiger partial charge in [-0.25, -0.2) is 0 Å². The van der Waals surface area contributed by atoms with Crippen molar-refractivity contribution in [1.29, 1.82) is 0 Å². The van der Waals surface area contributed by atoms with Crippen LogP contribution in [-0.4, -0.2) is 25.9 Å². The Labute approximate surface area is 91.6 Å². The minimum atomic E-state index is 0.672. The fourth-order valence-corrected chi connectivity index (χ4v) is 2.70. The summed E-state index contributed by atoms with van der Waals surface area (Å²) in [4.78, 5) is 4.92. The first-order chi connectivity index (χ1) is 7.35. The van der Waals surface area contributed by atoms with Gasteiger partial charge in [-0.15, -0.1) is 0 Å². The minimum Gasteiger partial charge on any atom is -0.399 e. The highest BCUT2D eigenvalue weighted by Crippen LogP contribution is 2.34. The predicted octanol–water partition coefficient (Wildman–Crippen LogP) is 2.24. The van der Waals surface area contributed by atoms with E-state index in [1.54, 1.807) is 12.7 Å². The summed E-state index contributed by atoms with van der Waals surface area (Å²) in [6, 6.07) is 0.672. The number of rotatable bonds is 2. The fourth-order valence-electron chi connectivity index (χ4n) is 2.70. The van der Waals surface area contributed by atoms with E-state index in [2.05, 4.69) is 17.5 Å². The lowest BCUT2D eigenvalue weighted by molar-refractivity contribution is 0.212. The van der Waals surface area contributed by atoms with E-state index in [-0.39, 0.29) is 0 Å². The maximum atomic E-state index is 4.92. The Morgan fingerprint density at radius 3 is 2.93 bits per heavy atom. The van der Waals surface area contributed by atoms with E-state index in [9.17, 15) is 0 Å². The summed E-state index contributed by atoms with van der Waals surface area (Å²) >= 11 is 0. The lowest BCUT2D eigenvalue weighted by atomic mass is 9.79. The Morgan fingerprint density at radius 2 is 2.20 bits per heavy atom. The SMILES string of the molecule is CNC1CCC2=C(CCCC2=NOC)C1. The second-order valence-electron chi connectivity index (χ2n) is 4.38. The Hall–Kier alpha value is -0.830. The van der Waals surface area contributed by atoms with Crippen LogP contribution in [0.4, 0.5) is 0 Å². The van der Waals surface area contributed by atoms with Gasteiger partial charge in [-0.1, -0.05) is 10.7 Å². The molecule has 2 rings (SSSR count). The zero-order valence-corrected chi connectivity index (χ0v) is 9.68.